The van der Waals surface area contributed by atoms with Gasteiger partial charge in [0.1, 0.15) is 11.5 Å². The van der Waals surface area contributed by atoms with E-state index in [1.807, 2.05) is 23.9 Å². The zero-order valence-electron chi connectivity index (χ0n) is 15.3. The van der Waals surface area contributed by atoms with Crippen LogP contribution in [0.25, 0.3) is 0 Å². The van der Waals surface area contributed by atoms with Crippen LogP contribution in [0.15, 0.2) is 36.4 Å². The molecule has 4 nitrogen and oxygen atoms in total. The summed E-state index contributed by atoms with van der Waals surface area (Å²) in [7, 11) is 0. The molecule has 0 saturated carbocycles. The zero-order valence-corrected chi connectivity index (χ0v) is 16.8. The molecule has 0 aliphatic heterocycles. The molecule has 2 rings (SSSR count). The highest BCUT2D eigenvalue weighted by Crippen LogP contribution is 2.35. The van der Waals surface area contributed by atoms with Crippen LogP contribution in [0.5, 0.6) is 11.5 Å². The maximum Gasteiger partial charge on any atom is 0.310 e. The molecule has 0 amide bonds. The van der Waals surface area contributed by atoms with Crippen molar-refractivity contribution in [2.75, 3.05) is 12.3 Å². The lowest BCUT2D eigenvalue weighted by Gasteiger charge is -2.14. The Morgan fingerprint density at radius 3 is 2.65 bits per heavy atom. The average Bonchev–Trinajstić information content (AvgIpc) is 2.58. The van der Waals surface area contributed by atoms with Crippen LogP contribution < -0.4 is 10.5 Å². The normalized spacial score (nSPS) is 10.8. The van der Waals surface area contributed by atoms with Crippen molar-refractivity contribution < 1.29 is 14.3 Å². The SMILES string of the molecule is CCOC(=O)Cc1ccc(Cl)c(Oc2ccc(N)cc2CSC(C)C)c1. The van der Waals surface area contributed by atoms with Gasteiger partial charge in [0.15, 0.2) is 0 Å². The molecule has 0 saturated heterocycles. The van der Waals surface area contributed by atoms with Gasteiger partial charge >= 0.3 is 5.97 Å². The van der Waals surface area contributed by atoms with Crippen molar-refractivity contribution in [3.63, 3.8) is 0 Å². The van der Waals surface area contributed by atoms with Crippen molar-refractivity contribution in [1.29, 1.82) is 0 Å². The van der Waals surface area contributed by atoms with Crippen LogP contribution in [-0.2, 0) is 21.7 Å². The maximum absolute atomic E-state index is 11.7. The summed E-state index contributed by atoms with van der Waals surface area (Å²) in [6, 6.07) is 10.9. The summed E-state index contributed by atoms with van der Waals surface area (Å²) in [4.78, 5) is 11.7. The minimum Gasteiger partial charge on any atom is -0.466 e. The Morgan fingerprint density at radius 2 is 1.96 bits per heavy atom. The van der Waals surface area contributed by atoms with Crippen molar-refractivity contribution in [1.82, 2.24) is 0 Å². The van der Waals surface area contributed by atoms with E-state index in [9.17, 15) is 4.79 Å². The number of ether oxygens (including phenoxy) is 2. The lowest BCUT2D eigenvalue weighted by atomic mass is 10.1. The van der Waals surface area contributed by atoms with Crippen molar-refractivity contribution in [2.24, 2.45) is 0 Å². The minimum absolute atomic E-state index is 0.180. The van der Waals surface area contributed by atoms with Gasteiger partial charge in [-0.25, -0.2) is 0 Å². The van der Waals surface area contributed by atoms with Gasteiger partial charge in [0.2, 0.25) is 0 Å². The second-order valence-corrected chi connectivity index (χ2v) is 8.05. The molecular weight excluding hydrogens is 370 g/mol. The Labute approximate surface area is 164 Å². The number of nitrogens with two attached hydrogens (primary N) is 1. The smallest absolute Gasteiger partial charge is 0.310 e. The predicted octanol–water partition coefficient (Wildman–Crippen LogP) is 5.46. The van der Waals surface area contributed by atoms with E-state index < -0.39 is 0 Å². The van der Waals surface area contributed by atoms with E-state index in [0.29, 0.717) is 34.1 Å². The number of hydrogen-bond acceptors (Lipinski definition) is 5. The fourth-order valence-corrected chi connectivity index (χ4v) is 3.20. The van der Waals surface area contributed by atoms with Crippen LogP contribution >= 0.6 is 23.4 Å². The fraction of sp³-hybridized carbons (Fsp3) is 0.350. The second kappa shape index (κ2) is 9.74. The molecule has 0 fully saturated rings. The molecule has 2 aromatic rings. The lowest BCUT2D eigenvalue weighted by molar-refractivity contribution is -0.142. The molecule has 0 spiro atoms. The second-order valence-electron chi connectivity index (χ2n) is 6.08. The molecule has 2 aromatic carbocycles. The van der Waals surface area contributed by atoms with Gasteiger partial charge in [-0.05, 0) is 48.1 Å². The number of rotatable bonds is 8. The van der Waals surface area contributed by atoms with Gasteiger partial charge in [0, 0.05) is 17.0 Å². The molecule has 0 atom stereocenters. The van der Waals surface area contributed by atoms with Gasteiger partial charge < -0.3 is 15.2 Å². The highest BCUT2D eigenvalue weighted by Gasteiger charge is 2.12. The van der Waals surface area contributed by atoms with Gasteiger partial charge in [-0.15, -0.1) is 0 Å². The summed E-state index contributed by atoms with van der Waals surface area (Å²) < 4.78 is 11.0. The van der Waals surface area contributed by atoms with E-state index in [0.717, 1.165) is 16.9 Å². The molecule has 0 aromatic heterocycles. The molecule has 0 radical (unpaired) electrons. The number of thioether (sulfide) groups is 1. The van der Waals surface area contributed by atoms with Crippen LogP contribution in [0.4, 0.5) is 5.69 Å². The van der Waals surface area contributed by atoms with E-state index in [1.54, 1.807) is 31.2 Å². The lowest BCUT2D eigenvalue weighted by Crippen LogP contribution is -2.07. The average molecular weight is 394 g/mol. The number of benzene rings is 2. The third-order valence-electron chi connectivity index (χ3n) is 3.53. The van der Waals surface area contributed by atoms with Crippen molar-refractivity contribution >= 4 is 35.0 Å². The molecule has 0 heterocycles. The molecule has 26 heavy (non-hydrogen) atoms. The summed E-state index contributed by atoms with van der Waals surface area (Å²) in [5.74, 6) is 1.73. The van der Waals surface area contributed by atoms with Crippen molar-refractivity contribution in [3.05, 3.63) is 52.5 Å². The maximum atomic E-state index is 11.7. The summed E-state index contributed by atoms with van der Waals surface area (Å²) in [5, 5.41) is 0.984. The number of halogens is 1. The molecular formula is C20H24ClNO3S. The number of carbonyl (C=O) groups excluding carboxylic acids is 1. The largest absolute Gasteiger partial charge is 0.466 e. The Hall–Kier alpha value is -1.85. The Balaban J connectivity index is 2.23. The summed E-state index contributed by atoms with van der Waals surface area (Å²) in [5.41, 5.74) is 8.41. The predicted molar refractivity (Wildman–Crippen MR) is 109 cm³/mol. The Morgan fingerprint density at radius 1 is 1.19 bits per heavy atom. The first-order valence-corrected chi connectivity index (χ1v) is 9.93. The number of hydrogen-bond donors (Lipinski definition) is 1. The quantitative estimate of drug-likeness (QED) is 0.476. The molecule has 6 heteroatoms. The first-order valence-electron chi connectivity index (χ1n) is 8.51. The van der Waals surface area contributed by atoms with Gasteiger partial charge in [-0.1, -0.05) is 31.5 Å². The van der Waals surface area contributed by atoms with Gasteiger partial charge in [0.05, 0.1) is 18.1 Å². The van der Waals surface area contributed by atoms with Gasteiger partial charge in [-0.3, -0.25) is 4.79 Å². The van der Waals surface area contributed by atoms with E-state index in [4.69, 9.17) is 26.8 Å². The van der Waals surface area contributed by atoms with Crippen LogP contribution in [0, 0.1) is 0 Å². The fourth-order valence-electron chi connectivity index (χ4n) is 2.30. The Kier molecular flexibility index (Phi) is 7.66. The third kappa shape index (κ3) is 6.15. The highest BCUT2D eigenvalue weighted by atomic mass is 35.5. The molecule has 0 aliphatic carbocycles. The van der Waals surface area contributed by atoms with Crippen LogP contribution in [0.2, 0.25) is 5.02 Å². The number of carbonyl (C=O) groups is 1. The van der Waals surface area contributed by atoms with Crippen LogP contribution in [-0.4, -0.2) is 17.8 Å². The Bertz CT molecular complexity index is 765. The van der Waals surface area contributed by atoms with E-state index in [2.05, 4.69) is 13.8 Å². The molecule has 0 aliphatic rings. The van der Waals surface area contributed by atoms with Crippen LogP contribution in [0.1, 0.15) is 31.9 Å². The van der Waals surface area contributed by atoms with Gasteiger partial charge in [-0.2, -0.15) is 11.8 Å². The minimum atomic E-state index is -0.276. The summed E-state index contributed by atoms with van der Waals surface area (Å²) >= 11 is 8.09. The molecule has 140 valence electrons. The van der Waals surface area contributed by atoms with E-state index in [-0.39, 0.29) is 12.4 Å². The molecule has 0 bridgehead atoms. The first-order chi connectivity index (χ1) is 12.4. The monoisotopic (exact) mass is 393 g/mol. The van der Waals surface area contributed by atoms with Crippen molar-refractivity contribution in [2.45, 2.75) is 38.2 Å². The number of nitrogen functional groups attached to an aromatic ring is 1. The highest BCUT2D eigenvalue weighted by molar-refractivity contribution is 7.99. The topological polar surface area (TPSA) is 61.5 Å². The van der Waals surface area contributed by atoms with E-state index >= 15 is 0 Å². The summed E-state index contributed by atoms with van der Waals surface area (Å²) in [6.07, 6.45) is 0.180. The molecule has 0 unspecified atom stereocenters. The standard InChI is InChI=1S/C20H24ClNO3S/c1-4-24-20(23)10-14-5-7-17(21)19(9-14)25-18-8-6-16(22)11-15(18)12-26-13(2)3/h5-9,11,13H,4,10,12,22H2,1-3H3. The first kappa shape index (κ1) is 20.5. The molecule has 2 N–H and O–H groups in total. The zero-order chi connectivity index (χ0) is 19.1. The van der Waals surface area contributed by atoms with Crippen molar-refractivity contribution in [3.8, 4) is 11.5 Å². The van der Waals surface area contributed by atoms with Gasteiger partial charge in [0.25, 0.3) is 0 Å². The number of anilines is 1. The van der Waals surface area contributed by atoms with E-state index in [1.165, 1.54) is 0 Å². The van der Waals surface area contributed by atoms with Crippen LogP contribution in [0.3, 0.4) is 0 Å². The number of esters is 1. The third-order valence-corrected chi connectivity index (χ3v) is 4.98. The summed E-state index contributed by atoms with van der Waals surface area (Å²) in [6.45, 7) is 6.44.